The third-order valence-electron chi connectivity index (χ3n) is 5.90. The van der Waals surface area contributed by atoms with E-state index in [0.29, 0.717) is 19.6 Å². The van der Waals surface area contributed by atoms with Crippen LogP contribution in [-0.4, -0.2) is 30.2 Å². The van der Waals surface area contributed by atoms with Crippen LogP contribution in [0.25, 0.3) is 11.0 Å². The number of carbonyl (C=O) groups is 1. The van der Waals surface area contributed by atoms with E-state index in [1.807, 2.05) is 41.2 Å². The van der Waals surface area contributed by atoms with Gasteiger partial charge in [0.25, 0.3) is 11.5 Å². The van der Waals surface area contributed by atoms with Crippen LogP contribution >= 0.6 is 0 Å². The molecule has 33 heavy (non-hydrogen) atoms. The number of aromatic amines is 1. The second-order valence-corrected chi connectivity index (χ2v) is 8.27. The van der Waals surface area contributed by atoms with Gasteiger partial charge < -0.3 is 5.32 Å². The molecule has 0 unspecified atom stereocenters. The van der Waals surface area contributed by atoms with Crippen molar-refractivity contribution in [3.8, 4) is 0 Å². The number of rotatable bonds is 7. The van der Waals surface area contributed by atoms with Crippen molar-refractivity contribution >= 4 is 16.9 Å². The van der Waals surface area contributed by atoms with Crippen LogP contribution in [0.5, 0.6) is 0 Å². The molecule has 168 valence electrons. The Bertz CT molecular complexity index is 1430. The fourth-order valence-electron chi connectivity index (χ4n) is 3.98. The molecule has 9 heteroatoms. The number of hydrogen-bond acceptors (Lipinski definition) is 5. The average molecular weight is 444 g/mol. The zero-order valence-electron chi connectivity index (χ0n) is 18.2. The molecule has 1 amide bonds. The molecule has 3 aromatic heterocycles. The Kier molecular flexibility index (Phi) is 5.37. The van der Waals surface area contributed by atoms with Crippen molar-refractivity contribution in [1.82, 2.24) is 29.6 Å². The molecule has 1 fully saturated rings. The van der Waals surface area contributed by atoms with Crippen LogP contribution in [0.4, 0.5) is 0 Å². The molecule has 1 saturated carbocycles. The van der Waals surface area contributed by atoms with Gasteiger partial charge in [0.2, 0.25) is 0 Å². The normalized spacial score (nSPS) is 13.4. The van der Waals surface area contributed by atoms with Crippen LogP contribution < -0.4 is 16.6 Å². The monoisotopic (exact) mass is 444 g/mol. The lowest BCUT2D eigenvalue weighted by Gasteiger charge is -2.13. The highest BCUT2D eigenvalue weighted by molar-refractivity contribution is 6.05. The molecule has 0 bridgehead atoms. The van der Waals surface area contributed by atoms with Crippen molar-refractivity contribution < 1.29 is 4.79 Å². The topological polar surface area (TPSA) is 115 Å². The lowest BCUT2D eigenvalue weighted by atomic mass is 10.1. The van der Waals surface area contributed by atoms with Crippen LogP contribution in [0.2, 0.25) is 0 Å². The number of aromatic nitrogens is 5. The van der Waals surface area contributed by atoms with Crippen LogP contribution in [0.15, 0.2) is 58.4 Å². The SMILES string of the molecule is CCn1c(=O)[nH]c(=O)c2c(C(=O)NCc3ccc(Cn4cccn4)cc3)cc(C3CC3)nc21. The Morgan fingerprint density at radius 3 is 2.61 bits per heavy atom. The quantitative estimate of drug-likeness (QED) is 0.453. The molecule has 3 heterocycles. The van der Waals surface area contributed by atoms with Crippen molar-refractivity contribution in [3.63, 3.8) is 0 Å². The maximum Gasteiger partial charge on any atom is 0.329 e. The number of pyridine rings is 1. The van der Waals surface area contributed by atoms with Crippen molar-refractivity contribution in [1.29, 1.82) is 0 Å². The second-order valence-electron chi connectivity index (χ2n) is 8.27. The first kappa shape index (κ1) is 20.9. The summed E-state index contributed by atoms with van der Waals surface area (Å²) in [4.78, 5) is 45.0. The first-order chi connectivity index (χ1) is 16.0. The summed E-state index contributed by atoms with van der Waals surface area (Å²) in [7, 11) is 0. The minimum absolute atomic E-state index is 0.146. The molecular formula is C24H24N6O3. The maximum absolute atomic E-state index is 13.2. The molecule has 2 N–H and O–H groups in total. The zero-order chi connectivity index (χ0) is 22.9. The summed E-state index contributed by atoms with van der Waals surface area (Å²) in [6, 6.07) is 11.5. The van der Waals surface area contributed by atoms with E-state index < -0.39 is 11.2 Å². The summed E-state index contributed by atoms with van der Waals surface area (Å²) in [6.07, 6.45) is 5.63. The number of H-pyrrole nitrogens is 1. The lowest BCUT2D eigenvalue weighted by Crippen LogP contribution is -2.33. The summed E-state index contributed by atoms with van der Waals surface area (Å²) in [5, 5.41) is 7.27. The largest absolute Gasteiger partial charge is 0.348 e. The van der Waals surface area contributed by atoms with Gasteiger partial charge in [0.05, 0.1) is 17.5 Å². The van der Waals surface area contributed by atoms with Gasteiger partial charge in [0.1, 0.15) is 0 Å². The van der Waals surface area contributed by atoms with Crippen molar-refractivity contribution in [2.45, 2.75) is 45.3 Å². The molecule has 9 nitrogen and oxygen atoms in total. The number of fused-ring (bicyclic) bond motifs is 1. The number of hydrogen-bond donors (Lipinski definition) is 2. The molecule has 0 atom stereocenters. The van der Waals surface area contributed by atoms with E-state index in [1.54, 1.807) is 19.2 Å². The fraction of sp³-hybridized carbons (Fsp3) is 0.292. The highest BCUT2D eigenvalue weighted by Crippen LogP contribution is 2.39. The highest BCUT2D eigenvalue weighted by atomic mass is 16.2. The molecule has 0 aliphatic heterocycles. The van der Waals surface area contributed by atoms with Crippen molar-refractivity contribution in [2.75, 3.05) is 0 Å². The van der Waals surface area contributed by atoms with Gasteiger partial charge in [-0.15, -0.1) is 0 Å². The predicted molar refractivity (Wildman–Crippen MR) is 123 cm³/mol. The molecule has 0 radical (unpaired) electrons. The summed E-state index contributed by atoms with van der Waals surface area (Å²) in [5.74, 6) is -0.0975. The van der Waals surface area contributed by atoms with Gasteiger partial charge in [-0.25, -0.2) is 9.78 Å². The summed E-state index contributed by atoms with van der Waals surface area (Å²) < 4.78 is 3.24. The molecule has 1 aromatic carbocycles. The predicted octanol–water partition coefficient (Wildman–Crippen LogP) is 2.16. The van der Waals surface area contributed by atoms with Gasteiger partial charge in [-0.1, -0.05) is 24.3 Å². The molecule has 1 aliphatic rings. The van der Waals surface area contributed by atoms with E-state index in [0.717, 1.165) is 29.7 Å². The molecule has 0 spiro atoms. The highest BCUT2D eigenvalue weighted by Gasteiger charge is 2.28. The van der Waals surface area contributed by atoms with Crippen LogP contribution in [-0.2, 0) is 19.6 Å². The van der Waals surface area contributed by atoms with Crippen molar-refractivity contribution in [3.05, 3.63) is 92.0 Å². The Morgan fingerprint density at radius 1 is 1.18 bits per heavy atom. The van der Waals surface area contributed by atoms with Gasteiger partial charge in [-0.3, -0.25) is 23.8 Å². The Balaban J connectivity index is 1.41. The molecule has 0 saturated heterocycles. The van der Waals surface area contributed by atoms with E-state index in [9.17, 15) is 14.4 Å². The number of amides is 1. The van der Waals surface area contributed by atoms with E-state index >= 15 is 0 Å². The second kappa shape index (κ2) is 8.50. The molecule has 5 rings (SSSR count). The van der Waals surface area contributed by atoms with Gasteiger partial charge in [-0.05, 0) is 43.0 Å². The van der Waals surface area contributed by atoms with Crippen LogP contribution in [0.1, 0.15) is 52.9 Å². The van der Waals surface area contributed by atoms with Crippen LogP contribution in [0, 0.1) is 0 Å². The molecular weight excluding hydrogens is 420 g/mol. The third-order valence-corrected chi connectivity index (χ3v) is 5.90. The van der Waals surface area contributed by atoms with E-state index in [2.05, 4.69) is 20.4 Å². The molecule has 4 aromatic rings. The number of aryl methyl sites for hydroxylation is 1. The summed E-state index contributed by atoms with van der Waals surface area (Å²) in [6.45, 7) is 3.14. The first-order valence-corrected chi connectivity index (χ1v) is 11.0. The first-order valence-electron chi connectivity index (χ1n) is 11.0. The Hall–Kier alpha value is -4.01. The number of nitrogens with one attached hydrogen (secondary N) is 2. The molecule has 1 aliphatic carbocycles. The zero-order valence-corrected chi connectivity index (χ0v) is 18.2. The van der Waals surface area contributed by atoms with Gasteiger partial charge in [0.15, 0.2) is 5.65 Å². The minimum atomic E-state index is -0.595. The van der Waals surface area contributed by atoms with E-state index in [4.69, 9.17) is 0 Å². The number of benzene rings is 1. The average Bonchev–Trinajstić information content (AvgIpc) is 3.54. The van der Waals surface area contributed by atoms with Gasteiger partial charge >= 0.3 is 5.69 Å². The van der Waals surface area contributed by atoms with Gasteiger partial charge in [-0.2, -0.15) is 5.10 Å². The summed E-state index contributed by atoms with van der Waals surface area (Å²) in [5.41, 5.74) is 2.20. The smallest absolute Gasteiger partial charge is 0.329 e. The Labute approximate surface area is 189 Å². The number of carbonyl (C=O) groups excluding carboxylic acids is 1. The van der Waals surface area contributed by atoms with E-state index in [-0.39, 0.29) is 28.4 Å². The fourth-order valence-corrected chi connectivity index (χ4v) is 3.98. The third kappa shape index (κ3) is 4.21. The standard InChI is InChI=1S/C24H24N6O3/c1-2-30-21-20(23(32)28-24(30)33)18(12-19(27-21)17-8-9-17)22(31)25-13-15-4-6-16(7-5-15)14-29-11-3-10-26-29/h3-7,10-12,17H,2,8-9,13-14H2,1H3,(H,25,31)(H,28,32,33). The minimum Gasteiger partial charge on any atom is -0.348 e. The van der Waals surface area contributed by atoms with E-state index in [1.165, 1.54) is 4.57 Å². The summed E-state index contributed by atoms with van der Waals surface area (Å²) >= 11 is 0. The van der Waals surface area contributed by atoms with Crippen LogP contribution in [0.3, 0.4) is 0 Å². The van der Waals surface area contributed by atoms with Gasteiger partial charge in [0, 0.05) is 37.1 Å². The Morgan fingerprint density at radius 2 is 1.94 bits per heavy atom. The maximum atomic E-state index is 13.2. The lowest BCUT2D eigenvalue weighted by molar-refractivity contribution is 0.0952. The van der Waals surface area contributed by atoms with Crippen molar-refractivity contribution in [2.24, 2.45) is 0 Å². The number of nitrogens with zero attached hydrogens (tertiary/aromatic N) is 4.